The van der Waals surface area contributed by atoms with E-state index in [-0.39, 0.29) is 10.6 Å². The molecule has 0 aliphatic rings. The molecule has 1 amide bonds. The van der Waals surface area contributed by atoms with Gasteiger partial charge in [-0.3, -0.25) is 19.6 Å². The van der Waals surface area contributed by atoms with Gasteiger partial charge in [0, 0.05) is 28.1 Å². The van der Waals surface area contributed by atoms with Gasteiger partial charge in [0.05, 0.1) is 28.5 Å². The van der Waals surface area contributed by atoms with E-state index < -0.39 is 15.9 Å². The first-order valence-corrected chi connectivity index (χ1v) is 12.0. The Morgan fingerprint density at radius 1 is 1.03 bits per heavy atom. The highest BCUT2D eigenvalue weighted by atomic mass is 32.2. The molecule has 0 aliphatic carbocycles. The molecule has 0 saturated heterocycles. The molecule has 2 aromatic carbocycles. The van der Waals surface area contributed by atoms with Crippen molar-refractivity contribution in [2.75, 3.05) is 4.72 Å². The smallest absolute Gasteiger partial charge is 0.268 e. The molecule has 5 aromatic rings. The number of nitrogens with one attached hydrogen (secondary N) is 2. The van der Waals surface area contributed by atoms with Gasteiger partial charge < -0.3 is 5.73 Å². The number of thiazole rings is 1. The van der Waals surface area contributed by atoms with Crippen LogP contribution in [0.15, 0.2) is 77.4 Å². The summed E-state index contributed by atoms with van der Waals surface area (Å²) in [7, 11) is -3.75. The topological polar surface area (TPSA) is 144 Å². The second kappa shape index (κ2) is 8.11. The fourth-order valence-corrected chi connectivity index (χ4v) is 5.27. The molecule has 164 valence electrons. The summed E-state index contributed by atoms with van der Waals surface area (Å²) < 4.78 is 27.9. The number of primary amides is 1. The third kappa shape index (κ3) is 4.06. The van der Waals surface area contributed by atoms with E-state index >= 15 is 0 Å². The molecule has 3 heterocycles. The summed E-state index contributed by atoms with van der Waals surface area (Å²) in [6.07, 6.45) is 4.76. The second-order valence-corrected chi connectivity index (χ2v) is 9.68. The lowest BCUT2D eigenvalue weighted by Gasteiger charge is -2.10. The molecule has 0 saturated carbocycles. The van der Waals surface area contributed by atoms with E-state index in [1.165, 1.54) is 29.7 Å². The summed E-state index contributed by atoms with van der Waals surface area (Å²) in [6, 6.07) is 13.6. The Hall–Kier alpha value is -4.09. The highest BCUT2D eigenvalue weighted by Crippen LogP contribution is 2.35. The Bertz CT molecular complexity index is 1590. The number of H-pyrrole nitrogens is 1. The maximum Gasteiger partial charge on any atom is 0.268 e. The molecular weight excluding hydrogens is 460 g/mol. The first-order chi connectivity index (χ1) is 15.9. The van der Waals surface area contributed by atoms with Gasteiger partial charge in [-0.2, -0.15) is 5.10 Å². The van der Waals surface area contributed by atoms with Gasteiger partial charge in [0.2, 0.25) is 0 Å². The number of amides is 1. The van der Waals surface area contributed by atoms with Crippen LogP contribution in [0.3, 0.4) is 0 Å². The van der Waals surface area contributed by atoms with Crippen LogP contribution in [-0.4, -0.2) is 34.5 Å². The van der Waals surface area contributed by atoms with Crippen LogP contribution in [0.25, 0.3) is 32.6 Å². The molecule has 5 rings (SSSR count). The van der Waals surface area contributed by atoms with Crippen LogP contribution in [0.5, 0.6) is 0 Å². The van der Waals surface area contributed by atoms with E-state index in [9.17, 15) is 13.2 Å². The number of nitrogens with zero attached hydrogens (tertiary/aromatic N) is 3. The van der Waals surface area contributed by atoms with Crippen LogP contribution in [-0.2, 0) is 10.0 Å². The predicted octanol–water partition coefficient (Wildman–Crippen LogP) is 3.65. The summed E-state index contributed by atoms with van der Waals surface area (Å²) >= 11 is 1.30. The quantitative estimate of drug-likeness (QED) is 0.341. The maximum atomic E-state index is 12.7. The monoisotopic (exact) mass is 476 g/mol. The Morgan fingerprint density at radius 3 is 2.61 bits per heavy atom. The van der Waals surface area contributed by atoms with E-state index in [2.05, 4.69) is 24.9 Å². The Balaban J connectivity index is 1.55. The summed E-state index contributed by atoms with van der Waals surface area (Å²) in [5, 5.41) is 10.1. The molecule has 11 heteroatoms. The van der Waals surface area contributed by atoms with Crippen LogP contribution in [0.2, 0.25) is 0 Å². The molecule has 0 radical (unpaired) electrons. The van der Waals surface area contributed by atoms with Crippen molar-refractivity contribution in [2.45, 2.75) is 4.90 Å². The summed E-state index contributed by atoms with van der Waals surface area (Å²) in [4.78, 5) is 20.2. The molecule has 33 heavy (non-hydrogen) atoms. The van der Waals surface area contributed by atoms with Gasteiger partial charge in [0.1, 0.15) is 10.7 Å². The zero-order chi connectivity index (χ0) is 23.0. The van der Waals surface area contributed by atoms with Crippen LogP contribution < -0.4 is 10.5 Å². The van der Waals surface area contributed by atoms with E-state index in [1.54, 1.807) is 42.0 Å². The Morgan fingerprint density at radius 2 is 1.85 bits per heavy atom. The average Bonchev–Trinajstić information content (AvgIpc) is 3.49. The highest BCUT2D eigenvalue weighted by Gasteiger charge is 2.17. The minimum absolute atomic E-state index is 0.158. The number of carbonyl (C=O) groups is 1. The Labute approximate surface area is 192 Å². The number of anilines is 1. The first kappa shape index (κ1) is 20.8. The van der Waals surface area contributed by atoms with Crippen molar-refractivity contribution in [3.8, 4) is 21.7 Å². The number of pyridine rings is 1. The third-order valence-electron chi connectivity index (χ3n) is 4.92. The second-order valence-electron chi connectivity index (χ2n) is 7.14. The summed E-state index contributed by atoms with van der Waals surface area (Å²) in [5.74, 6) is -0.598. The lowest BCUT2D eigenvalue weighted by molar-refractivity contribution is 0.0996. The van der Waals surface area contributed by atoms with Crippen molar-refractivity contribution >= 4 is 43.9 Å². The Kier molecular flexibility index (Phi) is 5.11. The van der Waals surface area contributed by atoms with Gasteiger partial charge in [0.15, 0.2) is 0 Å². The largest absolute Gasteiger partial charge is 0.364 e. The van der Waals surface area contributed by atoms with Gasteiger partial charge in [0.25, 0.3) is 15.9 Å². The third-order valence-corrected chi connectivity index (χ3v) is 7.20. The van der Waals surface area contributed by atoms with Crippen molar-refractivity contribution in [1.82, 2.24) is 20.2 Å². The minimum Gasteiger partial charge on any atom is -0.364 e. The number of carbonyl (C=O) groups excluding carboxylic acids is 1. The van der Waals surface area contributed by atoms with Gasteiger partial charge in [-0.05, 0) is 35.9 Å². The number of aromatic nitrogens is 4. The number of benzene rings is 2. The zero-order valence-corrected chi connectivity index (χ0v) is 18.5. The number of fused-ring (bicyclic) bond motifs is 1. The number of rotatable bonds is 6. The zero-order valence-electron chi connectivity index (χ0n) is 16.9. The summed E-state index contributed by atoms with van der Waals surface area (Å²) in [5.41, 5.74) is 8.85. The minimum atomic E-state index is -3.75. The molecule has 0 spiro atoms. The molecule has 0 bridgehead atoms. The lowest BCUT2D eigenvalue weighted by Crippen LogP contribution is -2.12. The van der Waals surface area contributed by atoms with Crippen molar-refractivity contribution in [3.05, 3.63) is 78.2 Å². The SMILES string of the molecule is NC(=O)c1csc(-c2cc(-c3cncc(NS(=O)(=O)c4ccccc4)c3)cc3[nH]ncc23)n1. The van der Waals surface area contributed by atoms with E-state index in [1.807, 2.05) is 12.1 Å². The van der Waals surface area contributed by atoms with Gasteiger partial charge in [-0.15, -0.1) is 11.3 Å². The normalized spacial score (nSPS) is 11.5. The number of hydrogen-bond donors (Lipinski definition) is 3. The molecule has 0 atom stereocenters. The van der Waals surface area contributed by atoms with Crippen LogP contribution in [0.4, 0.5) is 5.69 Å². The van der Waals surface area contributed by atoms with Gasteiger partial charge in [-0.25, -0.2) is 13.4 Å². The number of sulfonamides is 1. The predicted molar refractivity (Wildman–Crippen MR) is 126 cm³/mol. The average molecular weight is 477 g/mol. The van der Waals surface area contributed by atoms with E-state index in [4.69, 9.17) is 5.73 Å². The van der Waals surface area contributed by atoms with Gasteiger partial charge >= 0.3 is 0 Å². The molecule has 9 nitrogen and oxygen atoms in total. The van der Waals surface area contributed by atoms with Crippen molar-refractivity contribution in [1.29, 1.82) is 0 Å². The number of nitrogens with two attached hydrogens (primary N) is 1. The van der Waals surface area contributed by atoms with Crippen LogP contribution in [0.1, 0.15) is 10.5 Å². The fourth-order valence-electron chi connectivity index (χ4n) is 3.37. The summed E-state index contributed by atoms with van der Waals surface area (Å²) in [6.45, 7) is 0. The molecule has 0 unspecified atom stereocenters. The van der Waals surface area contributed by atoms with Crippen molar-refractivity contribution in [2.24, 2.45) is 5.73 Å². The molecule has 4 N–H and O–H groups in total. The standard InChI is InChI=1S/C22H16N6O3S2/c23-21(29)20-12-32-22(26-20)17-7-13(8-19-18(17)11-25-27-19)14-6-15(10-24-9-14)28-33(30,31)16-4-2-1-3-5-16/h1-12,28H,(H2,23,29)(H,25,27). The van der Waals surface area contributed by atoms with Crippen LogP contribution >= 0.6 is 11.3 Å². The van der Waals surface area contributed by atoms with Gasteiger partial charge in [-0.1, -0.05) is 18.2 Å². The molecular formula is C22H16N6O3S2. The molecule has 0 aliphatic heterocycles. The number of aromatic amines is 1. The van der Waals surface area contributed by atoms with Crippen molar-refractivity contribution in [3.63, 3.8) is 0 Å². The lowest BCUT2D eigenvalue weighted by atomic mass is 10.0. The van der Waals surface area contributed by atoms with Crippen molar-refractivity contribution < 1.29 is 13.2 Å². The highest BCUT2D eigenvalue weighted by molar-refractivity contribution is 7.92. The van der Waals surface area contributed by atoms with E-state index in [0.29, 0.717) is 16.3 Å². The van der Waals surface area contributed by atoms with Crippen LogP contribution in [0, 0.1) is 0 Å². The van der Waals surface area contributed by atoms with E-state index in [0.717, 1.165) is 22.0 Å². The maximum absolute atomic E-state index is 12.7. The fraction of sp³-hybridized carbons (Fsp3) is 0. The first-order valence-electron chi connectivity index (χ1n) is 9.67. The molecule has 0 fully saturated rings. The molecule has 3 aromatic heterocycles. The number of hydrogen-bond acceptors (Lipinski definition) is 7.